The van der Waals surface area contributed by atoms with E-state index in [0.717, 1.165) is 24.0 Å². The van der Waals surface area contributed by atoms with E-state index in [2.05, 4.69) is 10.3 Å². The number of benzene rings is 1. The molecule has 1 aromatic rings. The number of hydrogen-bond acceptors (Lipinski definition) is 3. The monoisotopic (exact) mass is 265 g/mol. The molecule has 0 aromatic heterocycles. The minimum Gasteiger partial charge on any atom is -0.497 e. The van der Waals surface area contributed by atoms with Crippen molar-refractivity contribution in [2.45, 2.75) is 6.92 Å². The average Bonchev–Trinajstić information content (AvgIpc) is 2.42. The second-order valence-electron chi connectivity index (χ2n) is 4.15. The molecule has 5 nitrogen and oxygen atoms in total. The highest BCUT2D eigenvalue weighted by molar-refractivity contribution is 5.79. The lowest BCUT2D eigenvalue weighted by Gasteiger charge is -2.16. The maximum absolute atomic E-state index is 5.60. The number of nitrogens with one attached hydrogen (secondary N) is 1. The van der Waals surface area contributed by atoms with Crippen LogP contribution in [-0.2, 0) is 0 Å². The van der Waals surface area contributed by atoms with Gasteiger partial charge in [0.25, 0.3) is 0 Å². The van der Waals surface area contributed by atoms with Gasteiger partial charge in [0, 0.05) is 20.6 Å². The first-order valence-corrected chi connectivity index (χ1v) is 6.40. The smallest absolute Gasteiger partial charge is 0.193 e. The van der Waals surface area contributed by atoms with Crippen molar-refractivity contribution in [3.8, 4) is 11.5 Å². The number of hydrogen-bond donors (Lipinski definition) is 1. The number of nitrogens with zero attached hydrogens (tertiary/aromatic N) is 2. The molecule has 5 heteroatoms. The first-order chi connectivity index (χ1) is 9.17. The van der Waals surface area contributed by atoms with Crippen molar-refractivity contribution in [2.75, 3.05) is 40.9 Å². The van der Waals surface area contributed by atoms with Gasteiger partial charge in [0.05, 0.1) is 13.7 Å². The van der Waals surface area contributed by atoms with E-state index in [1.54, 1.807) is 7.11 Å². The molecule has 106 valence electrons. The predicted octanol–water partition coefficient (Wildman–Crippen LogP) is 1.60. The van der Waals surface area contributed by atoms with Crippen LogP contribution in [0.15, 0.2) is 29.3 Å². The van der Waals surface area contributed by atoms with Crippen LogP contribution in [0.4, 0.5) is 0 Å². The standard InChI is InChI=1S/C14H23N3O2/c1-5-15-14(17(2)3)16-10-11-19-13-8-6-12(18-4)7-9-13/h6-9H,5,10-11H2,1-4H3,(H,15,16). The molecule has 19 heavy (non-hydrogen) atoms. The van der Waals surface area contributed by atoms with Crippen molar-refractivity contribution in [1.29, 1.82) is 0 Å². The van der Waals surface area contributed by atoms with Crippen LogP contribution in [-0.4, -0.2) is 51.8 Å². The number of aliphatic imine (C=N–C) groups is 1. The normalized spacial score (nSPS) is 11.1. The minimum atomic E-state index is 0.551. The maximum Gasteiger partial charge on any atom is 0.193 e. The summed E-state index contributed by atoms with van der Waals surface area (Å²) in [5, 5.41) is 3.20. The SMILES string of the molecule is CCNC(=NCCOc1ccc(OC)cc1)N(C)C. The summed E-state index contributed by atoms with van der Waals surface area (Å²) in [4.78, 5) is 6.40. The van der Waals surface area contributed by atoms with Crippen LogP contribution in [0.25, 0.3) is 0 Å². The van der Waals surface area contributed by atoms with Crippen molar-refractivity contribution in [2.24, 2.45) is 4.99 Å². The van der Waals surface area contributed by atoms with Gasteiger partial charge < -0.3 is 19.7 Å². The molecule has 1 rings (SSSR count). The van der Waals surface area contributed by atoms with E-state index in [4.69, 9.17) is 9.47 Å². The first-order valence-electron chi connectivity index (χ1n) is 6.40. The lowest BCUT2D eigenvalue weighted by molar-refractivity contribution is 0.327. The summed E-state index contributed by atoms with van der Waals surface area (Å²) in [5.74, 6) is 2.53. The Bertz CT molecular complexity index is 388. The van der Waals surface area contributed by atoms with Gasteiger partial charge in [0.1, 0.15) is 18.1 Å². The summed E-state index contributed by atoms with van der Waals surface area (Å²) in [5.41, 5.74) is 0. The average molecular weight is 265 g/mol. The summed E-state index contributed by atoms with van der Waals surface area (Å²) in [7, 11) is 5.58. The van der Waals surface area contributed by atoms with E-state index in [0.29, 0.717) is 13.2 Å². The van der Waals surface area contributed by atoms with Crippen LogP contribution < -0.4 is 14.8 Å². The van der Waals surface area contributed by atoms with Crippen molar-refractivity contribution < 1.29 is 9.47 Å². The zero-order chi connectivity index (χ0) is 14.1. The highest BCUT2D eigenvalue weighted by Gasteiger charge is 1.99. The van der Waals surface area contributed by atoms with Crippen LogP contribution in [0, 0.1) is 0 Å². The second kappa shape index (κ2) is 8.24. The maximum atomic E-state index is 5.60. The molecule has 0 unspecified atom stereocenters. The predicted molar refractivity (Wildman–Crippen MR) is 78.2 cm³/mol. The minimum absolute atomic E-state index is 0.551. The van der Waals surface area contributed by atoms with Gasteiger partial charge in [-0.1, -0.05) is 0 Å². The van der Waals surface area contributed by atoms with Crippen LogP contribution >= 0.6 is 0 Å². The fourth-order valence-corrected chi connectivity index (χ4v) is 1.50. The van der Waals surface area contributed by atoms with E-state index in [1.165, 1.54) is 0 Å². The molecule has 0 saturated heterocycles. The van der Waals surface area contributed by atoms with Gasteiger partial charge in [0.15, 0.2) is 5.96 Å². The lowest BCUT2D eigenvalue weighted by atomic mass is 10.3. The van der Waals surface area contributed by atoms with E-state index in [9.17, 15) is 0 Å². The highest BCUT2D eigenvalue weighted by Crippen LogP contribution is 2.16. The van der Waals surface area contributed by atoms with Gasteiger partial charge in [-0.2, -0.15) is 0 Å². The summed E-state index contributed by atoms with van der Waals surface area (Å²) in [6.45, 7) is 4.07. The fraction of sp³-hybridized carbons (Fsp3) is 0.500. The molecule has 0 fully saturated rings. The van der Waals surface area contributed by atoms with Gasteiger partial charge in [-0.15, -0.1) is 0 Å². The van der Waals surface area contributed by atoms with Gasteiger partial charge in [-0.3, -0.25) is 0 Å². The molecule has 0 bridgehead atoms. The van der Waals surface area contributed by atoms with E-state index in [1.807, 2.05) is 50.2 Å². The summed E-state index contributed by atoms with van der Waals surface area (Å²) >= 11 is 0. The Morgan fingerprint density at radius 2 is 1.84 bits per heavy atom. The van der Waals surface area contributed by atoms with Crippen LogP contribution in [0.2, 0.25) is 0 Å². The lowest BCUT2D eigenvalue weighted by Crippen LogP contribution is -2.36. The Labute approximate surface area is 115 Å². The van der Waals surface area contributed by atoms with Gasteiger partial charge >= 0.3 is 0 Å². The van der Waals surface area contributed by atoms with Gasteiger partial charge in [-0.05, 0) is 31.2 Å². The van der Waals surface area contributed by atoms with Crippen molar-refractivity contribution in [3.63, 3.8) is 0 Å². The summed E-state index contributed by atoms with van der Waals surface area (Å²) in [6.07, 6.45) is 0. The van der Waals surface area contributed by atoms with Gasteiger partial charge in [-0.25, -0.2) is 4.99 Å². The van der Waals surface area contributed by atoms with Crippen LogP contribution in [0.1, 0.15) is 6.92 Å². The molecule has 0 atom stereocenters. The zero-order valence-electron chi connectivity index (χ0n) is 12.1. The van der Waals surface area contributed by atoms with E-state index < -0.39 is 0 Å². The quantitative estimate of drug-likeness (QED) is 0.482. The first kappa shape index (κ1) is 15.1. The Hall–Kier alpha value is -1.91. The van der Waals surface area contributed by atoms with Crippen molar-refractivity contribution in [1.82, 2.24) is 10.2 Å². The molecule has 0 amide bonds. The molecule has 0 aliphatic heterocycles. The third-order valence-corrected chi connectivity index (χ3v) is 2.44. The fourth-order valence-electron chi connectivity index (χ4n) is 1.50. The molecule has 0 aliphatic carbocycles. The van der Waals surface area contributed by atoms with Crippen molar-refractivity contribution >= 4 is 5.96 Å². The zero-order valence-corrected chi connectivity index (χ0v) is 12.1. The Morgan fingerprint density at radius 1 is 1.21 bits per heavy atom. The molecule has 1 aromatic carbocycles. The van der Waals surface area contributed by atoms with E-state index >= 15 is 0 Å². The Balaban J connectivity index is 2.38. The summed E-state index contributed by atoms with van der Waals surface area (Å²) < 4.78 is 10.7. The molecule has 0 saturated carbocycles. The number of guanidine groups is 1. The molecule has 0 radical (unpaired) electrons. The second-order valence-corrected chi connectivity index (χ2v) is 4.15. The summed E-state index contributed by atoms with van der Waals surface area (Å²) in [6, 6.07) is 7.53. The molecule has 0 spiro atoms. The van der Waals surface area contributed by atoms with Crippen LogP contribution in [0.5, 0.6) is 11.5 Å². The largest absolute Gasteiger partial charge is 0.497 e. The molecule has 1 N–H and O–H groups in total. The Morgan fingerprint density at radius 3 is 2.37 bits per heavy atom. The number of ether oxygens (including phenoxy) is 2. The molecule has 0 aliphatic rings. The van der Waals surface area contributed by atoms with Crippen LogP contribution in [0.3, 0.4) is 0 Å². The molecule has 0 heterocycles. The third kappa shape index (κ3) is 5.50. The third-order valence-electron chi connectivity index (χ3n) is 2.44. The molecular formula is C14H23N3O2. The van der Waals surface area contributed by atoms with Crippen molar-refractivity contribution in [3.05, 3.63) is 24.3 Å². The van der Waals surface area contributed by atoms with E-state index in [-0.39, 0.29) is 0 Å². The Kier molecular flexibility index (Phi) is 6.57. The number of methoxy groups -OCH3 is 1. The number of rotatable bonds is 6. The topological polar surface area (TPSA) is 46.1 Å². The highest BCUT2D eigenvalue weighted by atomic mass is 16.5. The van der Waals surface area contributed by atoms with Gasteiger partial charge in [0.2, 0.25) is 0 Å². The molecular weight excluding hydrogens is 242 g/mol.